The zero-order valence-electron chi connectivity index (χ0n) is 14.9. The second-order valence-corrected chi connectivity index (χ2v) is 6.38. The maximum Gasteiger partial charge on any atom is 0.416 e. The number of carbonyl (C=O) groups excluding carboxylic acids is 2. The molecule has 2 heterocycles. The van der Waals surface area contributed by atoms with Gasteiger partial charge in [-0.3, -0.25) is 14.6 Å². The first-order valence-corrected chi connectivity index (χ1v) is 8.63. The van der Waals surface area contributed by atoms with Crippen LogP contribution in [0.15, 0.2) is 73.1 Å². The Kier molecular flexibility index (Phi) is 4.50. The second kappa shape index (κ2) is 7.01. The summed E-state index contributed by atoms with van der Waals surface area (Å²) in [5, 5.41) is 0. The number of fused-ring (bicyclic) bond motifs is 1. The van der Waals surface area contributed by atoms with Crippen LogP contribution in [0.4, 0.5) is 18.9 Å². The van der Waals surface area contributed by atoms with Crippen LogP contribution in [-0.2, 0) is 11.0 Å². The molecule has 0 fully saturated rings. The van der Waals surface area contributed by atoms with Gasteiger partial charge < -0.3 is 0 Å². The lowest BCUT2D eigenvalue weighted by Gasteiger charge is -2.29. The average Bonchev–Trinajstić information content (AvgIpc) is 2.72. The summed E-state index contributed by atoms with van der Waals surface area (Å²) in [5.41, 5.74) is 0.414. The van der Waals surface area contributed by atoms with E-state index in [1.54, 1.807) is 54.9 Å². The molecule has 29 heavy (non-hydrogen) atoms. The predicted octanol–water partition coefficient (Wildman–Crippen LogP) is 4.83. The highest BCUT2D eigenvalue weighted by atomic mass is 19.4. The van der Waals surface area contributed by atoms with Crippen molar-refractivity contribution in [1.29, 1.82) is 0 Å². The lowest BCUT2D eigenvalue weighted by molar-refractivity contribution is -0.137. The van der Waals surface area contributed by atoms with E-state index >= 15 is 0 Å². The summed E-state index contributed by atoms with van der Waals surface area (Å²) in [6.45, 7) is 0. The van der Waals surface area contributed by atoms with E-state index in [-0.39, 0.29) is 16.8 Å². The van der Waals surface area contributed by atoms with Crippen LogP contribution in [0, 0.1) is 0 Å². The van der Waals surface area contributed by atoms with E-state index in [0.29, 0.717) is 11.1 Å². The molecule has 144 valence electrons. The van der Waals surface area contributed by atoms with Gasteiger partial charge in [0.1, 0.15) is 0 Å². The fraction of sp³-hybridized carbons (Fsp3) is 0.0455. The highest BCUT2D eigenvalue weighted by molar-refractivity contribution is 6.43. The van der Waals surface area contributed by atoms with Crippen molar-refractivity contribution in [2.45, 2.75) is 6.18 Å². The van der Waals surface area contributed by atoms with Crippen molar-refractivity contribution in [3.8, 4) is 0 Å². The molecule has 4 rings (SSSR count). The Morgan fingerprint density at radius 1 is 0.862 bits per heavy atom. The molecule has 7 heteroatoms. The number of halogens is 3. The van der Waals surface area contributed by atoms with Crippen LogP contribution in [0.25, 0.3) is 11.6 Å². The molecule has 0 spiro atoms. The average molecular weight is 394 g/mol. The number of rotatable bonds is 2. The van der Waals surface area contributed by atoms with E-state index in [0.717, 1.165) is 17.0 Å². The molecular weight excluding hydrogens is 381 g/mol. The van der Waals surface area contributed by atoms with Gasteiger partial charge in [0.15, 0.2) is 0 Å². The Labute approximate surface area is 163 Å². The van der Waals surface area contributed by atoms with Gasteiger partial charge in [0.25, 0.3) is 11.8 Å². The quantitative estimate of drug-likeness (QED) is 0.462. The van der Waals surface area contributed by atoms with Crippen molar-refractivity contribution >= 4 is 29.2 Å². The van der Waals surface area contributed by atoms with E-state index in [1.807, 2.05) is 0 Å². The molecule has 1 aromatic heterocycles. The van der Waals surface area contributed by atoms with Gasteiger partial charge in [-0.05, 0) is 47.5 Å². The number of pyridine rings is 1. The van der Waals surface area contributed by atoms with Crippen LogP contribution in [0.5, 0.6) is 0 Å². The third-order valence-corrected chi connectivity index (χ3v) is 4.51. The van der Waals surface area contributed by atoms with Crippen LogP contribution in [-0.4, -0.2) is 16.8 Å². The van der Waals surface area contributed by atoms with E-state index in [1.165, 1.54) is 12.1 Å². The first-order chi connectivity index (χ1) is 13.9. The number of hydrogen-bond donors (Lipinski definition) is 0. The fourth-order valence-corrected chi connectivity index (χ4v) is 3.18. The first-order valence-electron chi connectivity index (χ1n) is 8.63. The molecule has 0 bridgehead atoms. The van der Waals surface area contributed by atoms with Gasteiger partial charge in [-0.25, -0.2) is 4.90 Å². The summed E-state index contributed by atoms with van der Waals surface area (Å²) in [6, 6.07) is 14.1. The van der Waals surface area contributed by atoms with Gasteiger partial charge in [-0.2, -0.15) is 13.2 Å². The normalized spacial score (nSPS) is 15.6. The molecule has 0 atom stereocenters. The number of nitrogens with zero attached hydrogens (tertiary/aromatic N) is 2. The first kappa shape index (κ1) is 18.6. The highest BCUT2D eigenvalue weighted by Crippen LogP contribution is 2.36. The molecule has 2 amide bonds. The van der Waals surface area contributed by atoms with E-state index in [9.17, 15) is 22.8 Å². The topological polar surface area (TPSA) is 50.3 Å². The Hall–Kier alpha value is -3.74. The molecule has 2 aromatic carbocycles. The van der Waals surface area contributed by atoms with Crippen molar-refractivity contribution in [3.05, 3.63) is 95.3 Å². The zero-order chi connectivity index (χ0) is 20.6. The van der Waals surface area contributed by atoms with Gasteiger partial charge >= 0.3 is 6.18 Å². The van der Waals surface area contributed by atoms with Crippen molar-refractivity contribution in [1.82, 2.24) is 4.98 Å². The molecule has 1 aliphatic heterocycles. The van der Waals surface area contributed by atoms with Gasteiger partial charge in [0.05, 0.1) is 11.3 Å². The number of alkyl halides is 3. The van der Waals surface area contributed by atoms with Crippen LogP contribution < -0.4 is 4.90 Å². The molecule has 1 aliphatic rings. The monoisotopic (exact) mass is 394 g/mol. The summed E-state index contributed by atoms with van der Waals surface area (Å²) in [7, 11) is 0. The number of anilines is 1. The minimum Gasteiger partial charge on any atom is -0.268 e. The molecule has 0 aliphatic carbocycles. The Bertz CT molecular complexity index is 1140. The molecule has 0 unspecified atom stereocenters. The smallest absolute Gasteiger partial charge is 0.268 e. The second-order valence-electron chi connectivity index (χ2n) is 6.38. The van der Waals surface area contributed by atoms with Crippen molar-refractivity contribution < 1.29 is 22.8 Å². The largest absolute Gasteiger partial charge is 0.416 e. The van der Waals surface area contributed by atoms with Crippen molar-refractivity contribution in [2.24, 2.45) is 0 Å². The number of carbonyl (C=O) groups is 2. The summed E-state index contributed by atoms with van der Waals surface area (Å²) >= 11 is 0. The summed E-state index contributed by atoms with van der Waals surface area (Å²) in [5.74, 6) is -1.37. The minimum atomic E-state index is -4.59. The van der Waals surface area contributed by atoms with Crippen LogP contribution in [0.1, 0.15) is 27.0 Å². The third kappa shape index (κ3) is 3.42. The van der Waals surface area contributed by atoms with Crippen molar-refractivity contribution in [3.63, 3.8) is 0 Å². The number of imide groups is 1. The van der Waals surface area contributed by atoms with Gasteiger partial charge in [0.2, 0.25) is 0 Å². The molecule has 3 aromatic rings. The minimum absolute atomic E-state index is 0.138. The predicted molar refractivity (Wildman–Crippen MR) is 102 cm³/mol. The summed E-state index contributed by atoms with van der Waals surface area (Å²) < 4.78 is 39.4. The Morgan fingerprint density at radius 3 is 2.31 bits per heavy atom. The number of aromatic nitrogens is 1. The van der Waals surface area contributed by atoms with Gasteiger partial charge in [-0.1, -0.05) is 30.3 Å². The third-order valence-electron chi connectivity index (χ3n) is 4.51. The van der Waals surface area contributed by atoms with E-state index in [4.69, 9.17) is 0 Å². The molecular formula is C22H13F3N2O2. The standard InChI is InChI=1S/C22H13F3N2O2/c23-22(24,25)15-6-3-7-16(12-15)27-20(28)18-9-2-1-8-17(18)19(21(27)29)11-14-5-4-10-26-13-14/h1-13H/b19-11-. The molecule has 4 nitrogen and oxygen atoms in total. The number of hydrogen-bond acceptors (Lipinski definition) is 3. The summed E-state index contributed by atoms with van der Waals surface area (Å²) in [4.78, 5) is 30.9. The SMILES string of the molecule is O=C1/C(=C\c2cccnc2)c2ccccc2C(=O)N1c1cccc(C(F)(F)F)c1. The summed E-state index contributed by atoms with van der Waals surface area (Å²) in [6.07, 6.45) is 0.108. The lowest BCUT2D eigenvalue weighted by Crippen LogP contribution is -2.41. The van der Waals surface area contributed by atoms with Crippen LogP contribution in [0.2, 0.25) is 0 Å². The number of benzene rings is 2. The molecule has 0 radical (unpaired) electrons. The van der Waals surface area contributed by atoms with Crippen molar-refractivity contribution in [2.75, 3.05) is 4.90 Å². The highest BCUT2D eigenvalue weighted by Gasteiger charge is 2.37. The van der Waals surface area contributed by atoms with Gasteiger partial charge in [0, 0.05) is 23.5 Å². The zero-order valence-corrected chi connectivity index (χ0v) is 14.9. The van der Waals surface area contributed by atoms with E-state index < -0.39 is 23.6 Å². The molecule has 0 saturated carbocycles. The van der Waals surface area contributed by atoms with Crippen LogP contribution >= 0.6 is 0 Å². The fourth-order valence-electron chi connectivity index (χ4n) is 3.18. The maximum atomic E-state index is 13.2. The maximum absolute atomic E-state index is 13.2. The number of amides is 2. The van der Waals surface area contributed by atoms with E-state index in [2.05, 4.69) is 4.98 Å². The Morgan fingerprint density at radius 2 is 1.62 bits per heavy atom. The van der Waals surface area contributed by atoms with Crippen LogP contribution in [0.3, 0.4) is 0 Å². The van der Waals surface area contributed by atoms with Gasteiger partial charge in [-0.15, -0.1) is 0 Å². The molecule has 0 saturated heterocycles. The lowest BCUT2D eigenvalue weighted by atomic mass is 9.91. The Balaban J connectivity index is 1.89. The molecule has 0 N–H and O–H groups in total.